The summed E-state index contributed by atoms with van der Waals surface area (Å²) in [5.41, 5.74) is 1.38. The van der Waals surface area contributed by atoms with Gasteiger partial charge in [-0.15, -0.1) is 11.3 Å². The first kappa shape index (κ1) is 14.7. The normalized spacial score (nSPS) is 14.8. The van der Waals surface area contributed by atoms with Crippen LogP contribution in [0.15, 0.2) is 11.4 Å². The molecule has 2 atom stereocenters. The summed E-state index contributed by atoms with van der Waals surface area (Å²) < 4.78 is 5.67. The van der Waals surface area contributed by atoms with E-state index in [1.54, 1.807) is 0 Å². The van der Waals surface area contributed by atoms with Crippen LogP contribution in [0.2, 0.25) is 0 Å². The van der Waals surface area contributed by atoms with Crippen LogP contribution in [0.4, 0.5) is 0 Å². The van der Waals surface area contributed by atoms with Crippen molar-refractivity contribution in [3.63, 3.8) is 0 Å². The van der Waals surface area contributed by atoms with E-state index in [1.807, 2.05) is 18.4 Å². The number of methoxy groups -OCH3 is 1. The van der Waals surface area contributed by atoms with Crippen LogP contribution in [0.5, 0.6) is 0 Å². The first-order valence-corrected chi connectivity index (χ1v) is 7.42. The third kappa shape index (κ3) is 4.09. The Bertz CT molecular complexity index is 311. The van der Waals surface area contributed by atoms with Crippen LogP contribution in [-0.2, 0) is 4.74 Å². The third-order valence-corrected chi connectivity index (χ3v) is 4.15. The molecule has 0 aliphatic rings. The predicted octanol–water partition coefficient (Wildman–Crippen LogP) is 3.91. The topological polar surface area (TPSA) is 21.3 Å². The molecular weight excluding hydrogens is 230 g/mol. The lowest BCUT2D eigenvalue weighted by molar-refractivity contribution is 0.0615. The molecule has 0 fully saturated rings. The molecule has 98 valence electrons. The second kappa shape index (κ2) is 7.85. The molecule has 3 heteroatoms. The number of thiophene rings is 1. The minimum atomic E-state index is 0.281. The molecule has 0 amide bonds. The van der Waals surface area contributed by atoms with E-state index < -0.39 is 0 Å². The molecule has 1 N–H and O–H groups in total. The highest BCUT2D eigenvalue weighted by atomic mass is 32.1. The lowest BCUT2D eigenvalue weighted by Gasteiger charge is -2.27. The summed E-state index contributed by atoms with van der Waals surface area (Å²) in [6, 6.07) is 2.54. The maximum absolute atomic E-state index is 5.67. The Hall–Kier alpha value is -0.380. The maximum atomic E-state index is 5.67. The van der Waals surface area contributed by atoms with Gasteiger partial charge in [-0.05, 0) is 43.3 Å². The van der Waals surface area contributed by atoms with E-state index >= 15 is 0 Å². The summed E-state index contributed by atoms with van der Waals surface area (Å²) in [4.78, 5) is 1.43. The van der Waals surface area contributed by atoms with Crippen LogP contribution in [0, 0.1) is 6.92 Å². The second-order valence-electron chi connectivity index (χ2n) is 4.46. The van der Waals surface area contributed by atoms with Crippen molar-refractivity contribution in [3.8, 4) is 0 Å². The Kier molecular flexibility index (Phi) is 6.78. The van der Waals surface area contributed by atoms with Gasteiger partial charge in [0.05, 0.1) is 12.1 Å². The largest absolute Gasteiger partial charge is 0.379 e. The fourth-order valence-corrected chi connectivity index (χ4v) is 3.16. The van der Waals surface area contributed by atoms with Crippen LogP contribution in [-0.4, -0.2) is 19.8 Å². The van der Waals surface area contributed by atoms with Crippen molar-refractivity contribution < 1.29 is 4.74 Å². The minimum Gasteiger partial charge on any atom is -0.379 e. The summed E-state index contributed by atoms with van der Waals surface area (Å²) in [5, 5.41) is 5.80. The van der Waals surface area contributed by atoms with Crippen LogP contribution in [0.3, 0.4) is 0 Å². The van der Waals surface area contributed by atoms with E-state index in [2.05, 4.69) is 37.5 Å². The van der Waals surface area contributed by atoms with Gasteiger partial charge >= 0.3 is 0 Å². The molecule has 1 rings (SSSR count). The molecule has 0 spiro atoms. The Balaban J connectivity index is 2.82. The lowest BCUT2D eigenvalue weighted by atomic mass is 10.0. The lowest BCUT2D eigenvalue weighted by Crippen LogP contribution is -2.33. The number of ether oxygens (including phenoxy) is 1. The molecule has 0 bridgehead atoms. The van der Waals surface area contributed by atoms with Gasteiger partial charge in [0.25, 0.3) is 0 Å². The van der Waals surface area contributed by atoms with Gasteiger partial charge in [-0.3, -0.25) is 0 Å². The number of rotatable bonds is 8. The Morgan fingerprint density at radius 2 is 2.12 bits per heavy atom. The van der Waals surface area contributed by atoms with Gasteiger partial charge in [0.1, 0.15) is 0 Å². The highest BCUT2D eigenvalue weighted by Gasteiger charge is 2.24. The van der Waals surface area contributed by atoms with Crippen molar-refractivity contribution in [2.24, 2.45) is 0 Å². The highest BCUT2D eigenvalue weighted by molar-refractivity contribution is 7.10. The molecule has 0 aliphatic heterocycles. The number of hydrogen-bond acceptors (Lipinski definition) is 3. The van der Waals surface area contributed by atoms with Gasteiger partial charge in [-0.25, -0.2) is 0 Å². The van der Waals surface area contributed by atoms with Crippen molar-refractivity contribution in [1.29, 1.82) is 0 Å². The molecule has 1 aromatic heterocycles. The van der Waals surface area contributed by atoms with Crippen molar-refractivity contribution in [3.05, 3.63) is 21.9 Å². The Morgan fingerprint density at radius 3 is 2.59 bits per heavy atom. The van der Waals surface area contributed by atoms with E-state index in [9.17, 15) is 0 Å². The molecule has 0 saturated carbocycles. The number of aryl methyl sites for hydroxylation is 1. The van der Waals surface area contributed by atoms with Crippen LogP contribution < -0.4 is 5.32 Å². The van der Waals surface area contributed by atoms with Crippen molar-refractivity contribution in [2.75, 3.05) is 13.7 Å². The second-order valence-corrected chi connectivity index (χ2v) is 5.41. The summed E-state index contributed by atoms with van der Waals surface area (Å²) >= 11 is 1.84. The van der Waals surface area contributed by atoms with Crippen LogP contribution in [0.1, 0.15) is 49.6 Å². The zero-order chi connectivity index (χ0) is 12.7. The van der Waals surface area contributed by atoms with E-state index in [-0.39, 0.29) is 6.10 Å². The molecule has 0 radical (unpaired) electrons. The van der Waals surface area contributed by atoms with Crippen LogP contribution in [0.25, 0.3) is 0 Å². The Morgan fingerprint density at radius 1 is 1.35 bits per heavy atom. The summed E-state index contributed by atoms with van der Waals surface area (Å²) in [5.74, 6) is 0. The molecule has 0 aromatic carbocycles. The molecular formula is C14H25NOS. The average Bonchev–Trinajstić information content (AvgIpc) is 2.75. The predicted molar refractivity (Wildman–Crippen MR) is 75.8 cm³/mol. The standard InChI is InChI=1S/C14H25NOS/c1-5-7-12(16-4)13(15-9-6-2)14-11(3)8-10-17-14/h8,10,12-13,15H,5-7,9H2,1-4H3. The smallest absolute Gasteiger partial charge is 0.0773 e. The van der Waals surface area contributed by atoms with Gasteiger partial charge in [0.15, 0.2) is 0 Å². The van der Waals surface area contributed by atoms with Gasteiger partial charge in [0, 0.05) is 12.0 Å². The van der Waals surface area contributed by atoms with E-state index in [0.717, 1.165) is 25.8 Å². The molecule has 1 aromatic rings. The summed E-state index contributed by atoms with van der Waals surface area (Å²) in [6.07, 6.45) is 3.70. The minimum absolute atomic E-state index is 0.281. The van der Waals surface area contributed by atoms with Crippen molar-refractivity contribution >= 4 is 11.3 Å². The fourth-order valence-electron chi connectivity index (χ4n) is 2.10. The molecule has 1 heterocycles. The van der Waals surface area contributed by atoms with Gasteiger partial charge in [0.2, 0.25) is 0 Å². The fraction of sp³-hybridized carbons (Fsp3) is 0.714. The van der Waals surface area contributed by atoms with Crippen molar-refractivity contribution in [2.45, 2.75) is 52.2 Å². The van der Waals surface area contributed by atoms with Crippen molar-refractivity contribution in [1.82, 2.24) is 5.32 Å². The first-order chi connectivity index (χ1) is 8.24. The van der Waals surface area contributed by atoms with Gasteiger partial charge < -0.3 is 10.1 Å². The van der Waals surface area contributed by atoms with E-state index in [4.69, 9.17) is 4.74 Å². The SMILES string of the molecule is CCCNC(c1sccc1C)C(CCC)OC. The quantitative estimate of drug-likeness (QED) is 0.760. The monoisotopic (exact) mass is 255 g/mol. The third-order valence-electron chi connectivity index (χ3n) is 3.05. The molecule has 2 nitrogen and oxygen atoms in total. The maximum Gasteiger partial charge on any atom is 0.0773 e. The van der Waals surface area contributed by atoms with Gasteiger partial charge in [-0.1, -0.05) is 20.3 Å². The molecule has 0 aliphatic carbocycles. The number of nitrogens with one attached hydrogen (secondary N) is 1. The number of hydrogen-bond donors (Lipinski definition) is 1. The zero-order valence-corrected chi connectivity index (χ0v) is 12.3. The molecule has 17 heavy (non-hydrogen) atoms. The van der Waals surface area contributed by atoms with Crippen LogP contribution >= 0.6 is 11.3 Å². The van der Waals surface area contributed by atoms with Gasteiger partial charge in [-0.2, -0.15) is 0 Å². The van der Waals surface area contributed by atoms with E-state index in [0.29, 0.717) is 6.04 Å². The molecule has 2 unspecified atom stereocenters. The summed E-state index contributed by atoms with van der Waals surface area (Å²) in [7, 11) is 1.82. The zero-order valence-electron chi connectivity index (χ0n) is 11.5. The summed E-state index contributed by atoms with van der Waals surface area (Å²) in [6.45, 7) is 7.65. The molecule has 0 saturated heterocycles. The highest BCUT2D eigenvalue weighted by Crippen LogP contribution is 2.29. The van der Waals surface area contributed by atoms with E-state index in [1.165, 1.54) is 10.4 Å². The average molecular weight is 255 g/mol. The first-order valence-electron chi connectivity index (χ1n) is 6.54. The Labute approximate surface area is 109 Å².